The summed E-state index contributed by atoms with van der Waals surface area (Å²) in [6, 6.07) is 4.36. The van der Waals surface area contributed by atoms with E-state index in [-0.39, 0.29) is 11.0 Å². The van der Waals surface area contributed by atoms with E-state index in [1.54, 1.807) is 12.4 Å². The molecule has 0 radical (unpaired) electrons. The highest BCUT2D eigenvalue weighted by molar-refractivity contribution is 5.61. The van der Waals surface area contributed by atoms with Crippen LogP contribution in [0.5, 0.6) is 0 Å². The van der Waals surface area contributed by atoms with E-state index in [9.17, 15) is 0 Å². The zero-order valence-corrected chi connectivity index (χ0v) is 16.4. The number of pyridine rings is 1. The molecule has 138 valence electrons. The normalized spacial score (nSPS) is 26.3. The Kier molecular flexibility index (Phi) is 4.03. The Balaban J connectivity index is 1.74. The van der Waals surface area contributed by atoms with Crippen molar-refractivity contribution in [3.63, 3.8) is 0 Å². The number of nitrogens with zero attached hydrogens (tertiary/aromatic N) is 4. The summed E-state index contributed by atoms with van der Waals surface area (Å²) in [5, 5.41) is 0. The predicted molar refractivity (Wildman–Crippen MR) is 103 cm³/mol. The lowest BCUT2D eigenvalue weighted by Gasteiger charge is -2.61. The number of rotatable bonds is 4. The summed E-state index contributed by atoms with van der Waals surface area (Å²) in [7, 11) is 4.00. The maximum absolute atomic E-state index is 5.82. The van der Waals surface area contributed by atoms with E-state index in [2.05, 4.69) is 37.7 Å². The highest BCUT2D eigenvalue weighted by atomic mass is 16.5. The second kappa shape index (κ2) is 6.02. The minimum atomic E-state index is -0.0872. The summed E-state index contributed by atoms with van der Waals surface area (Å²) >= 11 is 0. The van der Waals surface area contributed by atoms with Crippen molar-refractivity contribution in [1.82, 2.24) is 15.0 Å². The van der Waals surface area contributed by atoms with Crippen LogP contribution in [0.1, 0.15) is 44.9 Å². The number of hydrogen-bond acceptors (Lipinski definition) is 5. The van der Waals surface area contributed by atoms with Crippen molar-refractivity contribution in [3.05, 3.63) is 35.8 Å². The molecule has 2 aliphatic rings. The molecule has 2 atom stereocenters. The second-order valence-electron chi connectivity index (χ2n) is 8.37. The molecule has 5 heteroatoms. The first-order valence-corrected chi connectivity index (χ1v) is 9.45. The van der Waals surface area contributed by atoms with Gasteiger partial charge in [0.2, 0.25) is 0 Å². The molecule has 2 heterocycles. The van der Waals surface area contributed by atoms with Crippen LogP contribution in [0.2, 0.25) is 0 Å². The van der Waals surface area contributed by atoms with Gasteiger partial charge in [-0.1, -0.05) is 13.8 Å². The minimum absolute atomic E-state index is 0.0593. The smallest absolute Gasteiger partial charge is 0.161 e. The Labute approximate surface area is 155 Å². The fourth-order valence-corrected chi connectivity index (χ4v) is 4.56. The van der Waals surface area contributed by atoms with Crippen LogP contribution in [0, 0.1) is 5.41 Å². The topological polar surface area (TPSA) is 51.1 Å². The lowest BCUT2D eigenvalue weighted by atomic mass is 9.55. The first kappa shape index (κ1) is 17.4. The van der Waals surface area contributed by atoms with Gasteiger partial charge in [0.1, 0.15) is 5.82 Å². The minimum Gasteiger partial charge on any atom is -0.378 e. The molecule has 0 aromatic carbocycles. The van der Waals surface area contributed by atoms with Crippen LogP contribution in [-0.4, -0.2) is 40.8 Å². The van der Waals surface area contributed by atoms with Gasteiger partial charge in [-0.3, -0.25) is 4.98 Å². The summed E-state index contributed by atoms with van der Waals surface area (Å²) in [6.07, 6.45) is 7.88. The second-order valence-corrected chi connectivity index (χ2v) is 8.37. The van der Waals surface area contributed by atoms with E-state index >= 15 is 0 Å². The molecular formula is C21H28N4O. The third-order valence-electron chi connectivity index (χ3n) is 6.88. The van der Waals surface area contributed by atoms with Gasteiger partial charge < -0.3 is 9.64 Å². The number of aromatic nitrogens is 3. The third-order valence-corrected chi connectivity index (χ3v) is 6.88. The van der Waals surface area contributed by atoms with Crippen LogP contribution < -0.4 is 4.90 Å². The summed E-state index contributed by atoms with van der Waals surface area (Å²) in [5.41, 5.74) is 3.53. The number of hydrogen-bond donors (Lipinski definition) is 0. The molecule has 0 saturated heterocycles. The van der Waals surface area contributed by atoms with E-state index in [0.717, 1.165) is 42.9 Å². The van der Waals surface area contributed by atoms with Crippen LogP contribution in [0.4, 0.5) is 5.82 Å². The van der Waals surface area contributed by atoms with Gasteiger partial charge in [-0.2, -0.15) is 0 Å². The summed E-state index contributed by atoms with van der Waals surface area (Å²) < 4.78 is 5.82. The molecule has 1 saturated carbocycles. The van der Waals surface area contributed by atoms with Gasteiger partial charge in [0.15, 0.2) is 5.82 Å². The zero-order chi connectivity index (χ0) is 18.5. The summed E-state index contributed by atoms with van der Waals surface area (Å²) in [6.45, 7) is 6.81. The van der Waals surface area contributed by atoms with Crippen molar-refractivity contribution in [1.29, 1.82) is 0 Å². The number of methoxy groups -OCH3 is 1. The monoisotopic (exact) mass is 352 g/mol. The van der Waals surface area contributed by atoms with Gasteiger partial charge in [-0.15, -0.1) is 0 Å². The van der Waals surface area contributed by atoms with E-state index in [0.29, 0.717) is 6.04 Å². The highest BCUT2D eigenvalue weighted by Crippen LogP contribution is 2.54. The number of aryl methyl sites for hydroxylation is 1. The number of anilines is 1. The van der Waals surface area contributed by atoms with Crippen LogP contribution in [0.25, 0.3) is 11.4 Å². The van der Waals surface area contributed by atoms with Crippen LogP contribution in [-0.2, 0) is 17.6 Å². The average molecular weight is 352 g/mol. The Morgan fingerprint density at radius 2 is 1.85 bits per heavy atom. The first-order chi connectivity index (χ1) is 12.4. The van der Waals surface area contributed by atoms with Crippen LogP contribution in [0.3, 0.4) is 0 Å². The molecule has 0 unspecified atom stereocenters. The maximum Gasteiger partial charge on any atom is 0.161 e. The number of ether oxygens (including phenoxy) is 1. The molecular weight excluding hydrogens is 324 g/mol. The molecule has 0 amide bonds. The maximum atomic E-state index is 5.82. The Hall–Kier alpha value is -2.01. The molecule has 1 fully saturated rings. The molecule has 2 aliphatic carbocycles. The molecule has 0 N–H and O–H groups in total. The van der Waals surface area contributed by atoms with Gasteiger partial charge in [-0.05, 0) is 44.7 Å². The van der Waals surface area contributed by atoms with Gasteiger partial charge in [0.05, 0.1) is 5.60 Å². The molecule has 2 aromatic heterocycles. The van der Waals surface area contributed by atoms with Crippen molar-refractivity contribution < 1.29 is 4.74 Å². The van der Waals surface area contributed by atoms with E-state index in [1.807, 2.05) is 19.2 Å². The molecule has 4 rings (SSSR count). The van der Waals surface area contributed by atoms with E-state index in [1.165, 1.54) is 11.3 Å². The fourth-order valence-electron chi connectivity index (χ4n) is 4.56. The number of fused-ring (bicyclic) bond motifs is 1. The SMILES string of the molecule is CO[C@]1(C)C[C@@H](N(C)c2nc(-c3ccncc3)nc3c2CCC3)C1(C)C. The molecule has 0 bridgehead atoms. The largest absolute Gasteiger partial charge is 0.378 e. The van der Waals surface area contributed by atoms with Gasteiger partial charge >= 0.3 is 0 Å². The Morgan fingerprint density at radius 1 is 1.12 bits per heavy atom. The molecule has 26 heavy (non-hydrogen) atoms. The zero-order valence-electron chi connectivity index (χ0n) is 16.4. The lowest BCUT2D eigenvalue weighted by Crippen LogP contribution is -2.68. The first-order valence-electron chi connectivity index (χ1n) is 9.45. The Bertz CT molecular complexity index is 820. The van der Waals surface area contributed by atoms with Crippen LogP contribution >= 0.6 is 0 Å². The summed E-state index contributed by atoms with van der Waals surface area (Å²) in [5.74, 6) is 1.90. The van der Waals surface area contributed by atoms with Gasteiger partial charge in [0, 0.05) is 54.8 Å². The standard InChI is InChI=1S/C21H28N4O/c1-20(2)17(13-21(20,3)26-5)25(4)19-15-7-6-8-16(15)23-18(24-19)14-9-11-22-12-10-14/h9-12,17H,6-8,13H2,1-5H3/t17-,21-/m1/s1. The van der Waals surface area contributed by atoms with Crippen molar-refractivity contribution in [2.24, 2.45) is 5.41 Å². The van der Waals surface area contributed by atoms with E-state index in [4.69, 9.17) is 14.7 Å². The van der Waals surface area contributed by atoms with Gasteiger partial charge in [-0.25, -0.2) is 9.97 Å². The lowest BCUT2D eigenvalue weighted by molar-refractivity contribution is -0.172. The Morgan fingerprint density at radius 3 is 2.50 bits per heavy atom. The third kappa shape index (κ3) is 2.44. The quantitative estimate of drug-likeness (QED) is 0.840. The predicted octanol–water partition coefficient (Wildman–Crippen LogP) is 3.67. The summed E-state index contributed by atoms with van der Waals surface area (Å²) in [4.78, 5) is 16.4. The van der Waals surface area contributed by atoms with E-state index < -0.39 is 0 Å². The van der Waals surface area contributed by atoms with Crippen molar-refractivity contribution in [3.8, 4) is 11.4 Å². The van der Waals surface area contributed by atoms with Crippen molar-refractivity contribution in [2.45, 2.75) is 58.1 Å². The average Bonchev–Trinajstić information content (AvgIpc) is 3.13. The van der Waals surface area contributed by atoms with Crippen molar-refractivity contribution >= 4 is 5.82 Å². The molecule has 5 nitrogen and oxygen atoms in total. The fraction of sp³-hybridized carbons (Fsp3) is 0.571. The molecule has 2 aromatic rings. The van der Waals surface area contributed by atoms with Gasteiger partial charge in [0.25, 0.3) is 0 Å². The van der Waals surface area contributed by atoms with Crippen LogP contribution in [0.15, 0.2) is 24.5 Å². The van der Waals surface area contributed by atoms with Crippen molar-refractivity contribution in [2.75, 3.05) is 19.1 Å². The molecule has 0 aliphatic heterocycles. The molecule has 0 spiro atoms. The highest BCUT2D eigenvalue weighted by Gasteiger charge is 2.59.